The van der Waals surface area contributed by atoms with Crippen LogP contribution >= 0.6 is 39.3 Å². The smallest absolute Gasteiger partial charge is 0.293 e. The third-order valence-corrected chi connectivity index (χ3v) is 6.25. The van der Waals surface area contributed by atoms with Gasteiger partial charge in [-0.05, 0) is 70.9 Å². The van der Waals surface area contributed by atoms with Gasteiger partial charge in [-0.15, -0.1) is 0 Å². The highest BCUT2D eigenvalue weighted by Crippen LogP contribution is 2.34. The standard InChI is InChI=1S/C24H17BrClNO3S/c25-19-9-7-16(8-10-19)15-30-21-6-2-3-17(12-21)13-22-23(28)27(24(29)31-22)14-18-4-1-5-20(26)11-18/h1-13H,14-15H2/b22-13-. The van der Waals surface area contributed by atoms with Crippen molar-refractivity contribution in [3.05, 3.63) is 104 Å². The average Bonchev–Trinajstić information content (AvgIpc) is 3.01. The number of hydrogen-bond donors (Lipinski definition) is 0. The molecule has 2 amide bonds. The lowest BCUT2D eigenvalue weighted by Crippen LogP contribution is -2.27. The second kappa shape index (κ2) is 9.73. The number of halogens is 2. The first-order chi connectivity index (χ1) is 15.0. The molecule has 1 aliphatic heterocycles. The van der Waals surface area contributed by atoms with Gasteiger partial charge in [-0.3, -0.25) is 14.5 Å². The van der Waals surface area contributed by atoms with Gasteiger partial charge in [0.2, 0.25) is 0 Å². The van der Waals surface area contributed by atoms with E-state index in [2.05, 4.69) is 15.9 Å². The van der Waals surface area contributed by atoms with Crippen molar-refractivity contribution >= 4 is 56.5 Å². The number of rotatable bonds is 6. The molecule has 3 aromatic rings. The van der Waals surface area contributed by atoms with Gasteiger partial charge in [0.05, 0.1) is 11.4 Å². The summed E-state index contributed by atoms with van der Waals surface area (Å²) in [6, 6.07) is 22.5. The number of carbonyl (C=O) groups is 2. The Morgan fingerprint density at radius 2 is 1.74 bits per heavy atom. The van der Waals surface area contributed by atoms with Crippen molar-refractivity contribution in [3.63, 3.8) is 0 Å². The number of imide groups is 1. The largest absolute Gasteiger partial charge is 0.489 e. The van der Waals surface area contributed by atoms with Crippen LogP contribution < -0.4 is 4.74 Å². The molecule has 0 radical (unpaired) electrons. The third kappa shape index (κ3) is 5.58. The molecule has 1 saturated heterocycles. The highest BCUT2D eigenvalue weighted by atomic mass is 79.9. The molecule has 4 nitrogen and oxygen atoms in total. The maximum atomic E-state index is 12.8. The first kappa shape index (κ1) is 21.7. The minimum atomic E-state index is -0.309. The molecule has 0 atom stereocenters. The second-order valence-corrected chi connectivity index (χ2v) is 9.23. The number of amides is 2. The summed E-state index contributed by atoms with van der Waals surface area (Å²) >= 11 is 10.4. The number of benzene rings is 3. The number of hydrogen-bond acceptors (Lipinski definition) is 4. The molecule has 3 aromatic carbocycles. The molecule has 7 heteroatoms. The molecule has 0 aliphatic carbocycles. The predicted molar refractivity (Wildman–Crippen MR) is 128 cm³/mol. The van der Waals surface area contributed by atoms with Gasteiger partial charge < -0.3 is 4.74 Å². The topological polar surface area (TPSA) is 46.6 Å². The van der Waals surface area contributed by atoms with E-state index in [1.54, 1.807) is 24.3 Å². The van der Waals surface area contributed by atoms with Gasteiger partial charge in [0.1, 0.15) is 12.4 Å². The van der Waals surface area contributed by atoms with Gasteiger partial charge in [0, 0.05) is 9.50 Å². The zero-order valence-corrected chi connectivity index (χ0v) is 19.4. The van der Waals surface area contributed by atoms with E-state index in [9.17, 15) is 9.59 Å². The van der Waals surface area contributed by atoms with E-state index in [4.69, 9.17) is 16.3 Å². The maximum Gasteiger partial charge on any atom is 0.293 e. The van der Waals surface area contributed by atoms with Crippen LogP contribution in [-0.4, -0.2) is 16.0 Å². The van der Waals surface area contributed by atoms with Crippen LogP contribution in [0.4, 0.5) is 4.79 Å². The van der Waals surface area contributed by atoms with Crippen LogP contribution in [0.25, 0.3) is 6.08 Å². The van der Waals surface area contributed by atoms with E-state index >= 15 is 0 Å². The van der Waals surface area contributed by atoms with Crippen LogP contribution in [0.15, 0.2) is 82.2 Å². The number of nitrogens with zero attached hydrogens (tertiary/aromatic N) is 1. The molecule has 0 unspecified atom stereocenters. The van der Waals surface area contributed by atoms with Gasteiger partial charge in [0.15, 0.2) is 0 Å². The lowest BCUT2D eigenvalue weighted by atomic mass is 10.2. The molecule has 156 valence electrons. The van der Waals surface area contributed by atoms with Crippen LogP contribution in [0.5, 0.6) is 5.75 Å². The number of carbonyl (C=O) groups excluding carboxylic acids is 2. The van der Waals surface area contributed by atoms with Gasteiger partial charge >= 0.3 is 0 Å². The van der Waals surface area contributed by atoms with Gasteiger partial charge in [-0.1, -0.05) is 63.9 Å². The Balaban J connectivity index is 1.45. The first-order valence-electron chi connectivity index (χ1n) is 9.45. The molecule has 4 rings (SSSR count). The summed E-state index contributed by atoms with van der Waals surface area (Å²) in [5.74, 6) is 0.381. The summed E-state index contributed by atoms with van der Waals surface area (Å²) < 4.78 is 6.89. The molecular formula is C24H17BrClNO3S. The van der Waals surface area contributed by atoms with Crippen LogP contribution in [0.2, 0.25) is 5.02 Å². The van der Waals surface area contributed by atoms with Crippen LogP contribution in [0.3, 0.4) is 0 Å². The van der Waals surface area contributed by atoms with E-state index in [0.717, 1.165) is 32.9 Å². The van der Waals surface area contributed by atoms with E-state index in [1.165, 1.54) is 4.90 Å². The van der Waals surface area contributed by atoms with Crippen molar-refractivity contribution < 1.29 is 14.3 Å². The zero-order chi connectivity index (χ0) is 21.8. The highest BCUT2D eigenvalue weighted by molar-refractivity contribution is 9.10. The van der Waals surface area contributed by atoms with E-state index in [-0.39, 0.29) is 17.7 Å². The molecule has 1 aliphatic rings. The Morgan fingerprint density at radius 3 is 2.52 bits per heavy atom. The van der Waals surface area contributed by atoms with E-state index in [1.807, 2.05) is 54.6 Å². The Labute approximate surface area is 198 Å². The van der Waals surface area contributed by atoms with E-state index < -0.39 is 0 Å². The Bertz CT molecular complexity index is 1160. The van der Waals surface area contributed by atoms with Crippen molar-refractivity contribution in [2.75, 3.05) is 0 Å². The summed E-state index contributed by atoms with van der Waals surface area (Å²) in [5.41, 5.74) is 2.65. The Morgan fingerprint density at radius 1 is 0.968 bits per heavy atom. The number of thioether (sulfide) groups is 1. The van der Waals surface area contributed by atoms with Crippen molar-refractivity contribution in [1.82, 2.24) is 4.90 Å². The SMILES string of the molecule is O=C1S/C(=C\c2cccc(OCc3ccc(Br)cc3)c2)C(=O)N1Cc1cccc(Cl)c1. The third-order valence-electron chi connectivity index (χ3n) is 4.58. The van der Waals surface area contributed by atoms with Gasteiger partial charge in [0.25, 0.3) is 11.1 Å². The van der Waals surface area contributed by atoms with Gasteiger partial charge in [-0.25, -0.2) is 0 Å². The molecular weight excluding hydrogens is 498 g/mol. The highest BCUT2D eigenvalue weighted by Gasteiger charge is 2.35. The van der Waals surface area contributed by atoms with Crippen LogP contribution in [-0.2, 0) is 17.9 Å². The molecule has 0 spiro atoms. The predicted octanol–water partition coefficient (Wildman–Crippen LogP) is 6.92. The molecule has 1 fully saturated rings. The molecule has 0 N–H and O–H groups in total. The molecule has 0 saturated carbocycles. The first-order valence-corrected chi connectivity index (χ1v) is 11.4. The average molecular weight is 515 g/mol. The van der Waals surface area contributed by atoms with Crippen LogP contribution in [0.1, 0.15) is 16.7 Å². The minimum absolute atomic E-state index is 0.193. The monoisotopic (exact) mass is 513 g/mol. The fourth-order valence-corrected chi connectivity index (χ4v) is 4.36. The Hall–Kier alpha value is -2.54. The fraction of sp³-hybridized carbons (Fsp3) is 0.0833. The normalized spacial score (nSPS) is 15.0. The molecule has 31 heavy (non-hydrogen) atoms. The van der Waals surface area contributed by atoms with Crippen molar-refractivity contribution in [2.45, 2.75) is 13.2 Å². The molecule has 0 aromatic heterocycles. The zero-order valence-electron chi connectivity index (χ0n) is 16.3. The van der Waals surface area contributed by atoms with Crippen LogP contribution in [0, 0.1) is 0 Å². The lowest BCUT2D eigenvalue weighted by Gasteiger charge is -2.12. The minimum Gasteiger partial charge on any atom is -0.489 e. The lowest BCUT2D eigenvalue weighted by molar-refractivity contribution is -0.123. The number of ether oxygens (including phenoxy) is 1. The summed E-state index contributed by atoms with van der Waals surface area (Å²) in [6.07, 6.45) is 1.72. The van der Waals surface area contributed by atoms with Crippen molar-refractivity contribution in [2.24, 2.45) is 0 Å². The quantitative estimate of drug-likeness (QED) is 0.335. The fourth-order valence-electron chi connectivity index (χ4n) is 3.05. The van der Waals surface area contributed by atoms with Crippen molar-refractivity contribution in [3.8, 4) is 5.75 Å². The molecule has 1 heterocycles. The summed E-state index contributed by atoms with van der Waals surface area (Å²) in [5, 5.41) is 0.277. The summed E-state index contributed by atoms with van der Waals surface area (Å²) in [6.45, 7) is 0.631. The van der Waals surface area contributed by atoms with E-state index in [0.29, 0.717) is 22.3 Å². The summed E-state index contributed by atoms with van der Waals surface area (Å²) in [4.78, 5) is 26.8. The molecule has 0 bridgehead atoms. The van der Waals surface area contributed by atoms with Crippen molar-refractivity contribution in [1.29, 1.82) is 0 Å². The van der Waals surface area contributed by atoms with Gasteiger partial charge in [-0.2, -0.15) is 0 Å². The maximum absolute atomic E-state index is 12.8. The summed E-state index contributed by atoms with van der Waals surface area (Å²) in [7, 11) is 0. The Kier molecular flexibility index (Phi) is 6.80. The second-order valence-electron chi connectivity index (χ2n) is 6.89.